The van der Waals surface area contributed by atoms with Gasteiger partial charge in [-0.3, -0.25) is 10.7 Å². The van der Waals surface area contributed by atoms with Gasteiger partial charge in [0, 0.05) is 5.56 Å². The maximum atomic E-state index is 11.8. The summed E-state index contributed by atoms with van der Waals surface area (Å²) in [5.41, 5.74) is 1.80. The minimum Gasteiger partial charge on any atom is -0.410 e. The van der Waals surface area contributed by atoms with Crippen LogP contribution in [-0.4, -0.2) is 11.9 Å². The minimum atomic E-state index is -0.672. The normalized spacial score (nSPS) is 10.3. The van der Waals surface area contributed by atoms with E-state index in [1.165, 1.54) is 5.56 Å². The lowest BCUT2D eigenvalue weighted by atomic mass is 10.0. The number of nitrogens with one attached hydrogen (secondary N) is 2. The Labute approximate surface area is 130 Å². The van der Waals surface area contributed by atoms with Gasteiger partial charge in [0.15, 0.2) is 0 Å². The van der Waals surface area contributed by atoms with E-state index in [1.54, 1.807) is 36.4 Å². The molecule has 2 aromatic carbocycles. The molecule has 2 aromatic rings. The monoisotopic (exact) mass is 295 g/mol. The Balaban J connectivity index is 1.90. The molecule has 0 heterocycles. The summed E-state index contributed by atoms with van der Waals surface area (Å²) >= 11 is 0. The minimum absolute atomic E-state index is 0.00423. The second kappa shape index (κ2) is 7.41. The van der Waals surface area contributed by atoms with E-state index in [4.69, 9.17) is 10.1 Å². The van der Waals surface area contributed by atoms with E-state index in [-0.39, 0.29) is 5.84 Å². The molecule has 1 radical (unpaired) electrons. The SMILES string of the molecule is CC(C)Cc1ccc(OC(=O)NC(=N)c2cc[c]cc2)cc1. The van der Waals surface area contributed by atoms with Crippen LogP contribution in [0.25, 0.3) is 0 Å². The molecule has 0 spiro atoms. The molecule has 22 heavy (non-hydrogen) atoms. The molecule has 0 aliphatic rings. The summed E-state index contributed by atoms with van der Waals surface area (Å²) in [5, 5.41) is 10.2. The van der Waals surface area contributed by atoms with Crippen LogP contribution >= 0.6 is 0 Å². The van der Waals surface area contributed by atoms with Crippen molar-refractivity contribution in [3.05, 3.63) is 65.7 Å². The first kappa shape index (κ1) is 15.8. The van der Waals surface area contributed by atoms with Crippen molar-refractivity contribution in [1.29, 1.82) is 5.41 Å². The Hall–Kier alpha value is -2.62. The first-order chi connectivity index (χ1) is 10.5. The van der Waals surface area contributed by atoms with E-state index in [1.807, 2.05) is 12.1 Å². The van der Waals surface area contributed by atoms with Crippen molar-refractivity contribution in [1.82, 2.24) is 5.32 Å². The lowest BCUT2D eigenvalue weighted by molar-refractivity contribution is 0.206. The van der Waals surface area contributed by atoms with Crippen molar-refractivity contribution in [3.8, 4) is 5.75 Å². The number of carbonyl (C=O) groups excluding carboxylic acids is 1. The van der Waals surface area contributed by atoms with Gasteiger partial charge in [-0.15, -0.1) is 0 Å². The van der Waals surface area contributed by atoms with Crippen LogP contribution in [0, 0.1) is 17.4 Å². The van der Waals surface area contributed by atoms with E-state index >= 15 is 0 Å². The Morgan fingerprint density at radius 2 is 1.82 bits per heavy atom. The van der Waals surface area contributed by atoms with Crippen LogP contribution in [0.2, 0.25) is 0 Å². The van der Waals surface area contributed by atoms with Crippen LogP contribution in [-0.2, 0) is 6.42 Å². The number of amidine groups is 1. The predicted octanol–water partition coefficient (Wildman–Crippen LogP) is 3.80. The first-order valence-electron chi connectivity index (χ1n) is 7.17. The van der Waals surface area contributed by atoms with Crippen molar-refractivity contribution >= 4 is 11.9 Å². The Kier molecular flexibility index (Phi) is 5.31. The van der Waals surface area contributed by atoms with Crippen molar-refractivity contribution in [2.45, 2.75) is 20.3 Å². The van der Waals surface area contributed by atoms with E-state index in [0.29, 0.717) is 17.2 Å². The second-order valence-electron chi connectivity index (χ2n) is 5.42. The van der Waals surface area contributed by atoms with Gasteiger partial charge in [-0.1, -0.05) is 50.2 Å². The molecule has 0 atom stereocenters. The highest BCUT2D eigenvalue weighted by Crippen LogP contribution is 2.15. The van der Waals surface area contributed by atoms with Gasteiger partial charge in [0.1, 0.15) is 11.6 Å². The molecule has 4 nitrogen and oxygen atoms in total. The average molecular weight is 295 g/mol. The molecule has 2 N–H and O–H groups in total. The fraction of sp³-hybridized carbons (Fsp3) is 0.222. The molecule has 4 heteroatoms. The maximum absolute atomic E-state index is 11.8. The Morgan fingerprint density at radius 1 is 1.18 bits per heavy atom. The van der Waals surface area contributed by atoms with Gasteiger partial charge < -0.3 is 4.74 Å². The van der Waals surface area contributed by atoms with Gasteiger partial charge in [0.25, 0.3) is 0 Å². The highest BCUT2D eigenvalue weighted by atomic mass is 16.6. The third kappa shape index (κ3) is 4.74. The molecule has 0 aliphatic heterocycles. The van der Waals surface area contributed by atoms with Crippen LogP contribution in [0.4, 0.5) is 4.79 Å². The molecule has 0 unspecified atom stereocenters. The van der Waals surface area contributed by atoms with E-state index in [0.717, 1.165) is 6.42 Å². The van der Waals surface area contributed by atoms with E-state index in [2.05, 4.69) is 25.2 Å². The topological polar surface area (TPSA) is 62.2 Å². The number of rotatable bonds is 4. The summed E-state index contributed by atoms with van der Waals surface area (Å²) in [4.78, 5) is 11.8. The molecular weight excluding hydrogens is 276 g/mol. The Morgan fingerprint density at radius 3 is 2.41 bits per heavy atom. The van der Waals surface area contributed by atoms with Gasteiger partial charge >= 0.3 is 6.09 Å². The number of amides is 1. The van der Waals surface area contributed by atoms with E-state index in [9.17, 15) is 4.79 Å². The zero-order chi connectivity index (χ0) is 15.9. The fourth-order valence-corrected chi connectivity index (χ4v) is 2.03. The summed E-state index contributed by atoms with van der Waals surface area (Å²) < 4.78 is 5.17. The third-order valence-corrected chi connectivity index (χ3v) is 3.01. The summed E-state index contributed by atoms with van der Waals surface area (Å²) in [7, 11) is 0. The molecule has 0 saturated carbocycles. The van der Waals surface area contributed by atoms with Crippen molar-refractivity contribution in [2.75, 3.05) is 0 Å². The van der Waals surface area contributed by atoms with E-state index < -0.39 is 6.09 Å². The molecule has 0 saturated heterocycles. The van der Waals surface area contributed by atoms with Crippen LogP contribution in [0.1, 0.15) is 25.0 Å². The molecule has 0 fully saturated rings. The zero-order valence-corrected chi connectivity index (χ0v) is 12.7. The van der Waals surface area contributed by atoms with Crippen LogP contribution in [0.3, 0.4) is 0 Å². The first-order valence-corrected chi connectivity index (χ1v) is 7.17. The van der Waals surface area contributed by atoms with Crippen molar-refractivity contribution in [2.24, 2.45) is 5.92 Å². The highest BCUT2D eigenvalue weighted by Gasteiger charge is 2.09. The maximum Gasteiger partial charge on any atom is 0.418 e. The molecule has 0 bridgehead atoms. The smallest absolute Gasteiger partial charge is 0.410 e. The number of hydrogen-bond acceptors (Lipinski definition) is 3. The Bertz CT molecular complexity index is 634. The third-order valence-electron chi connectivity index (χ3n) is 3.01. The molecule has 1 amide bonds. The van der Waals surface area contributed by atoms with Crippen LogP contribution < -0.4 is 10.1 Å². The number of ether oxygens (including phenoxy) is 1. The molecule has 0 aromatic heterocycles. The molecule has 113 valence electrons. The van der Waals surface area contributed by atoms with Crippen LogP contribution in [0.5, 0.6) is 5.75 Å². The fourth-order valence-electron chi connectivity index (χ4n) is 2.03. The van der Waals surface area contributed by atoms with Crippen molar-refractivity contribution in [3.63, 3.8) is 0 Å². The average Bonchev–Trinajstić information content (AvgIpc) is 2.49. The number of benzene rings is 2. The number of carbonyl (C=O) groups is 1. The molecule has 0 aliphatic carbocycles. The molecule has 2 rings (SSSR count). The number of hydrogen-bond donors (Lipinski definition) is 2. The largest absolute Gasteiger partial charge is 0.418 e. The lowest BCUT2D eigenvalue weighted by Crippen LogP contribution is -2.32. The standard InChI is InChI=1S/C18H19N2O2/c1-13(2)12-14-8-10-16(11-9-14)22-18(21)20-17(19)15-6-4-3-5-7-15/h4-11,13H,12H2,1-2H3,(H2,19,20,21). The lowest BCUT2D eigenvalue weighted by Gasteiger charge is -2.09. The van der Waals surface area contributed by atoms with Crippen LogP contribution in [0.15, 0.2) is 48.5 Å². The summed E-state index contributed by atoms with van der Waals surface area (Å²) in [6, 6.07) is 17.0. The van der Waals surface area contributed by atoms with Gasteiger partial charge in [-0.2, -0.15) is 0 Å². The summed E-state index contributed by atoms with van der Waals surface area (Å²) in [6.45, 7) is 4.32. The van der Waals surface area contributed by atoms with Gasteiger partial charge in [0.2, 0.25) is 0 Å². The summed E-state index contributed by atoms with van der Waals surface area (Å²) in [5.74, 6) is 1.04. The van der Waals surface area contributed by atoms with Gasteiger partial charge in [0.05, 0.1) is 0 Å². The van der Waals surface area contributed by atoms with Crippen molar-refractivity contribution < 1.29 is 9.53 Å². The highest BCUT2D eigenvalue weighted by molar-refractivity contribution is 6.04. The molecular formula is C18H19N2O2. The second-order valence-corrected chi connectivity index (χ2v) is 5.42. The predicted molar refractivity (Wildman–Crippen MR) is 86.3 cm³/mol. The zero-order valence-electron chi connectivity index (χ0n) is 12.7. The quantitative estimate of drug-likeness (QED) is 0.665. The summed E-state index contributed by atoms with van der Waals surface area (Å²) in [6.07, 6.45) is 0.316. The van der Waals surface area contributed by atoms with Gasteiger partial charge in [-0.05, 0) is 36.1 Å². The van der Waals surface area contributed by atoms with Gasteiger partial charge in [-0.25, -0.2) is 4.79 Å².